The Labute approximate surface area is 213 Å². The molecule has 184 valence electrons. The van der Waals surface area contributed by atoms with E-state index in [9.17, 15) is 4.79 Å². The molecule has 2 heterocycles. The fourth-order valence-electron chi connectivity index (χ4n) is 3.78. The number of methoxy groups -OCH3 is 2. The van der Waals surface area contributed by atoms with Crippen LogP contribution in [0.15, 0.2) is 71.9 Å². The van der Waals surface area contributed by atoms with Gasteiger partial charge in [0.2, 0.25) is 12.7 Å². The van der Waals surface area contributed by atoms with Gasteiger partial charge in [-0.25, -0.2) is 4.98 Å². The summed E-state index contributed by atoms with van der Waals surface area (Å²) in [7, 11) is 3.29. The Kier molecular flexibility index (Phi) is 6.99. The fraction of sp³-hybridized carbons (Fsp3) is 0.185. The summed E-state index contributed by atoms with van der Waals surface area (Å²) >= 11 is 1.50. The first kappa shape index (κ1) is 23.6. The van der Waals surface area contributed by atoms with Crippen molar-refractivity contribution in [2.45, 2.75) is 11.6 Å². The Morgan fingerprint density at radius 3 is 2.31 bits per heavy atom. The van der Waals surface area contributed by atoms with Crippen LogP contribution in [-0.2, 0) is 4.79 Å². The number of hydrogen-bond donors (Lipinski definition) is 2. The maximum absolute atomic E-state index is 12.5. The smallest absolute Gasteiger partial charge is 0.231 e. The summed E-state index contributed by atoms with van der Waals surface area (Å²) in [6, 6.07) is 21.0. The number of nitrogens with one attached hydrogen (secondary N) is 2. The quantitative estimate of drug-likeness (QED) is 0.287. The van der Waals surface area contributed by atoms with Gasteiger partial charge < -0.3 is 29.2 Å². The molecule has 36 heavy (non-hydrogen) atoms. The Hall–Kier alpha value is -4.11. The first-order valence-electron chi connectivity index (χ1n) is 11.3. The highest BCUT2D eigenvalue weighted by Crippen LogP contribution is 2.35. The van der Waals surface area contributed by atoms with Crippen molar-refractivity contribution in [1.82, 2.24) is 9.97 Å². The van der Waals surface area contributed by atoms with E-state index in [2.05, 4.69) is 10.3 Å². The number of aromatic amines is 1. The molecule has 8 nitrogen and oxygen atoms in total. The Balaban J connectivity index is 1.29. The number of ether oxygens (including phenoxy) is 4. The number of hydrogen-bond acceptors (Lipinski definition) is 7. The van der Waals surface area contributed by atoms with Gasteiger partial charge >= 0.3 is 0 Å². The Morgan fingerprint density at radius 1 is 0.944 bits per heavy atom. The van der Waals surface area contributed by atoms with Crippen LogP contribution in [-0.4, -0.2) is 42.6 Å². The number of carbonyl (C=O) groups is 1. The summed E-state index contributed by atoms with van der Waals surface area (Å²) in [4.78, 5) is 20.8. The summed E-state index contributed by atoms with van der Waals surface area (Å²) in [5, 5.41) is 3.64. The van der Waals surface area contributed by atoms with Gasteiger partial charge in [0.15, 0.2) is 16.7 Å². The third-order valence-electron chi connectivity index (χ3n) is 5.65. The molecule has 9 heteroatoms. The number of amides is 1. The van der Waals surface area contributed by atoms with Crippen molar-refractivity contribution >= 4 is 23.4 Å². The number of nitrogens with zero attached hydrogens (tertiary/aromatic N) is 1. The lowest BCUT2D eigenvalue weighted by Crippen LogP contribution is -2.12. The number of fused-ring (bicyclic) bond motifs is 1. The normalized spacial score (nSPS) is 11.8. The fourth-order valence-corrected chi connectivity index (χ4v) is 4.59. The SMILES string of the molecule is COc1ccc(-c2nc(SCCC(=O)Nc3ccc4c(c3)OCO4)[nH]c2-c2ccc(OC)cc2)cc1. The third kappa shape index (κ3) is 5.26. The van der Waals surface area contributed by atoms with E-state index < -0.39 is 0 Å². The molecule has 1 amide bonds. The lowest BCUT2D eigenvalue weighted by molar-refractivity contribution is -0.115. The number of thioether (sulfide) groups is 1. The maximum Gasteiger partial charge on any atom is 0.231 e. The number of rotatable bonds is 9. The van der Waals surface area contributed by atoms with E-state index >= 15 is 0 Å². The lowest BCUT2D eigenvalue weighted by Gasteiger charge is -2.06. The van der Waals surface area contributed by atoms with Crippen LogP contribution in [0, 0.1) is 0 Å². The van der Waals surface area contributed by atoms with Crippen molar-refractivity contribution in [3.05, 3.63) is 66.7 Å². The number of benzene rings is 3. The highest BCUT2D eigenvalue weighted by molar-refractivity contribution is 7.99. The van der Waals surface area contributed by atoms with Crippen LogP contribution in [0.1, 0.15) is 6.42 Å². The standard InChI is InChI=1S/C27H25N3O5S/c1-32-20-8-3-17(4-9-20)25-26(18-5-10-21(33-2)11-6-18)30-27(29-25)36-14-13-24(31)28-19-7-12-22-23(15-19)35-16-34-22/h3-12,15H,13-14,16H2,1-2H3,(H,28,31)(H,29,30). The molecule has 4 aromatic rings. The van der Waals surface area contributed by atoms with E-state index in [4.69, 9.17) is 23.9 Å². The van der Waals surface area contributed by atoms with Crippen molar-refractivity contribution in [3.63, 3.8) is 0 Å². The average molecular weight is 504 g/mol. The van der Waals surface area contributed by atoms with E-state index in [1.807, 2.05) is 48.5 Å². The highest BCUT2D eigenvalue weighted by Gasteiger charge is 2.17. The minimum Gasteiger partial charge on any atom is -0.497 e. The second-order valence-corrected chi connectivity index (χ2v) is 9.02. The molecule has 0 saturated carbocycles. The molecule has 0 bridgehead atoms. The molecular formula is C27H25N3O5S. The zero-order valence-electron chi connectivity index (χ0n) is 19.9. The Bertz CT molecular complexity index is 1290. The van der Waals surface area contributed by atoms with Crippen molar-refractivity contribution < 1.29 is 23.7 Å². The van der Waals surface area contributed by atoms with Crippen LogP contribution >= 0.6 is 11.8 Å². The van der Waals surface area contributed by atoms with Crippen molar-refractivity contribution in [1.29, 1.82) is 0 Å². The first-order valence-corrected chi connectivity index (χ1v) is 12.3. The average Bonchev–Trinajstić information content (AvgIpc) is 3.56. The van der Waals surface area contributed by atoms with Crippen LogP contribution in [0.3, 0.4) is 0 Å². The topological polar surface area (TPSA) is 94.7 Å². The Morgan fingerprint density at radius 2 is 1.61 bits per heavy atom. The summed E-state index contributed by atoms with van der Waals surface area (Å²) in [5.41, 5.74) is 4.35. The molecular weight excluding hydrogens is 478 g/mol. The molecule has 0 aliphatic carbocycles. The summed E-state index contributed by atoms with van der Waals surface area (Å²) in [6.07, 6.45) is 0.329. The highest BCUT2D eigenvalue weighted by atomic mass is 32.2. The molecule has 0 spiro atoms. The molecule has 0 unspecified atom stereocenters. The maximum atomic E-state index is 12.5. The zero-order chi connectivity index (χ0) is 24.9. The van der Waals surface area contributed by atoms with Gasteiger partial charge in [0, 0.05) is 35.1 Å². The monoisotopic (exact) mass is 503 g/mol. The number of H-pyrrole nitrogens is 1. The number of anilines is 1. The molecule has 5 rings (SSSR count). The molecule has 1 aliphatic rings. The van der Waals surface area contributed by atoms with Crippen molar-refractivity contribution in [2.75, 3.05) is 32.1 Å². The van der Waals surface area contributed by atoms with Crippen LogP contribution < -0.4 is 24.3 Å². The summed E-state index contributed by atoms with van der Waals surface area (Å²) in [6.45, 7) is 0.198. The van der Waals surface area contributed by atoms with Gasteiger partial charge in [-0.1, -0.05) is 11.8 Å². The van der Waals surface area contributed by atoms with Gasteiger partial charge in [0.05, 0.1) is 25.6 Å². The third-order valence-corrected chi connectivity index (χ3v) is 6.52. The van der Waals surface area contributed by atoms with Crippen LogP contribution in [0.25, 0.3) is 22.5 Å². The zero-order valence-corrected chi connectivity index (χ0v) is 20.7. The number of aromatic nitrogens is 2. The van der Waals surface area contributed by atoms with Gasteiger partial charge in [-0.05, 0) is 60.7 Å². The molecule has 2 N–H and O–H groups in total. The largest absolute Gasteiger partial charge is 0.497 e. The second kappa shape index (κ2) is 10.7. The molecule has 0 atom stereocenters. The van der Waals surface area contributed by atoms with Gasteiger partial charge in [-0.2, -0.15) is 0 Å². The number of imidazole rings is 1. The van der Waals surface area contributed by atoms with Crippen LogP contribution in [0.5, 0.6) is 23.0 Å². The van der Waals surface area contributed by atoms with Crippen LogP contribution in [0.2, 0.25) is 0 Å². The van der Waals surface area contributed by atoms with E-state index in [0.717, 1.165) is 39.2 Å². The molecule has 3 aromatic carbocycles. The predicted octanol–water partition coefficient (Wildman–Crippen LogP) is 5.61. The minimum absolute atomic E-state index is 0.0846. The molecule has 1 aliphatic heterocycles. The van der Waals surface area contributed by atoms with Crippen LogP contribution in [0.4, 0.5) is 5.69 Å². The van der Waals surface area contributed by atoms with Crippen molar-refractivity contribution in [3.8, 4) is 45.5 Å². The second-order valence-electron chi connectivity index (χ2n) is 7.94. The van der Waals surface area contributed by atoms with E-state index in [0.29, 0.717) is 29.4 Å². The first-order chi connectivity index (χ1) is 17.6. The molecule has 0 fully saturated rings. The molecule has 0 saturated heterocycles. The van der Waals surface area contributed by atoms with E-state index in [1.54, 1.807) is 32.4 Å². The summed E-state index contributed by atoms with van der Waals surface area (Å²) < 4.78 is 21.3. The number of carbonyl (C=O) groups excluding carboxylic acids is 1. The van der Waals surface area contributed by atoms with Crippen molar-refractivity contribution in [2.24, 2.45) is 0 Å². The molecule has 0 radical (unpaired) electrons. The minimum atomic E-state index is -0.0846. The van der Waals surface area contributed by atoms with Gasteiger partial charge in [-0.3, -0.25) is 4.79 Å². The van der Waals surface area contributed by atoms with E-state index in [1.165, 1.54) is 11.8 Å². The van der Waals surface area contributed by atoms with Gasteiger partial charge in [0.1, 0.15) is 11.5 Å². The van der Waals surface area contributed by atoms with E-state index in [-0.39, 0.29) is 12.7 Å². The van der Waals surface area contributed by atoms with Gasteiger partial charge in [0.25, 0.3) is 0 Å². The lowest BCUT2D eigenvalue weighted by atomic mass is 10.0. The molecule has 1 aromatic heterocycles. The summed E-state index contributed by atoms with van der Waals surface area (Å²) in [5.74, 6) is 3.36. The van der Waals surface area contributed by atoms with Gasteiger partial charge in [-0.15, -0.1) is 0 Å². The predicted molar refractivity (Wildman–Crippen MR) is 139 cm³/mol.